The van der Waals surface area contributed by atoms with Gasteiger partial charge in [-0.05, 0) is 20.3 Å². The Morgan fingerprint density at radius 2 is 2.42 bits per heavy atom. The topological polar surface area (TPSA) is 80.5 Å². The zero-order valence-corrected chi connectivity index (χ0v) is 12.3. The molecule has 0 spiro atoms. The molecule has 6 nitrogen and oxygen atoms in total. The summed E-state index contributed by atoms with van der Waals surface area (Å²) in [6, 6.07) is 0.108. The number of nitrogen functional groups attached to an aromatic ring is 1. The number of nitrogens with one attached hydrogen (secondary N) is 1. The molecule has 1 aromatic heterocycles. The zero-order chi connectivity index (χ0) is 14.0. The van der Waals surface area contributed by atoms with Gasteiger partial charge in [-0.3, -0.25) is 4.79 Å². The summed E-state index contributed by atoms with van der Waals surface area (Å²) >= 11 is 1.30. The van der Waals surface area contributed by atoms with Crippen molar-refractivity contribution in [3.63, 3.8) is 0 Å². The fraction of sp³-hybridized carbons (Fsp3) is 0.667. The van der Waals surface area contributed by atoms with Crippen LogP contribution >= 0.6 is 11.3 Å². The van der Waals surface area contributed by atoms with E-state index in [1.165, 1.54) is 11.3 Å². The van der Waals surface area contributed by atoms with E-state index in [-0.39, 0.29) is 18.1 Å². The van der Waals surface area contributed by atoms with E-state index in [0.717, 1.165) is 13.0 Å². The number of aromatic nitrogens is 1. The molecule has 3 N–H and O–H groups in total. The molecule has 2 unspecified atom stereocenters. The first-order chi connectivity index (χ1) is 9.04. The van der Waals surface area contributed by atoms with E-state index >= 15 is 0 Å². The van der Waals surface area contributed by atoms with Crippen LogP contribution in [-0.2, 0) is 4.74 Å². The third kappa shape index (κ3) is 2.82. The van der Waals surface area contributed by atoms with Crippen molar-refractivity contribution in [1.29, 1.82) is 0 Å². The van der Waals surface area contributed by atoms with Gasteiger partial charge in [-0.25, -0.2) is 4.98 Å². The van der Waals surface area contributed by atoms with Gasteiger partial charge in [0.1, 0.15) is 10.7 Å². The Bertz CT molecular complexity index is 463. The van der Waals surface area contributed by atoms with Gasteiger partial charge in [0, 0.05) is 20.2 Å². The number of hydrogen-bond donors (Lipinski definition) is 2. The van der Waals surface area contributed by atoms with Gasteiger partial charge in [0.25, 0.3) is 5.91 Å². The number of likely N-dealkylation sites (N-methyl/N-ethyl adjacent to an activating group) is 1. The summed E-state index contributed by atoms with van der Waals surface area (Å²) in [7, 11) is 1.80. The van der Waals surface area contributed by atoms with E-state index in [1.807, 2.05) is 13.8 Å². The highest BCUT2D eigenvalue weighted by Gasteiger charge is 2.32. The van der Waals surface area contributed by atoms with E-state index < -0.39 is 0 Å². The number of carbonyl (C=O) groups excluding carboxylic acids is 1. The predicted molar refractivity (Wildman–Crippen MR) is 76.6 cm³/mol. The number of thiazole rings is 1. The van der Waals surface area contributed by atoms with Crippen molar-refractivity contribution in [3.8, 4) is 0 Å². The molecule has 2 heterocycles. The Balaban J connectivity index is 2.14. The number of amides is 1. The van der Waals surface area contributed by atoms with Crippen molar-refractivity contribution in [1.82, 2.24) is 9.88 Å². The lowest BCUT2D eigenvalue weighted by molar-refractivity contribution is 0.0579. The highest BCUT2D eigenvalue weighted by Crippen LogP contribution is 2.28. The van der Waals surface area contributed by atoms with Gasteiger partial charge >= 0.3 is 0 Å². The zero-order valence-electron chi connectivity index (χ0n) is 11.5. The van der Waals surface area contributed by atoms with Gasteiger partial charge in [-0.1, -0.05) is 11.3 Å². The molecule has 1 aromatic rings. The molecule has 0 radical (unpaired) electrons. The largest absolute Gasteiger partial charge is 0.382 e. The van der Waals surface area contributed by atoms with Crippen LogP contribution in [-0.4, -0.2) is 48.1 Å². The van der Waals surface area contributed by atoms with Crippen LogP contribution in [0.1, 0.15) is 29.9 Å². The normalized spacial score (nSPS) is 22.5. The van der Waals surface area contributed by atoms with Crippen LogP contribution in [0.2, 0.25) is 0 Å². The average Bonchev–Trinajstić information content (AvgIpc) is 2.94. The summed E-state index contributed by atoms with van der Waals surface area (Å²) in [5.74, 6) is 0.214. The van der Waals surface area contributed by atoms with Crippen molar-refractivity contribution < 1.29 is 9.53 Å². The van der Waals surface area contributed by atoms with Gasteiger partial charge in [0.2, 0.25) is 0 Å². The van der Waals surface area contributed by atoms with Crippen molar-refractivity contribution in [2.45, 2.75) is 32.4 Å². The third-order valence-electron chi connectivity index (χ3n) is 3.33. The van der Waals surface area contributed by atoms with Gasteiger partial charge in [0.15, 0.2) is 5.13 Å². The van der Waals surface area contributed by atoms with Crippen molar-refractivity contribution >= 4 is 28.2 Å². The molecule has 1 saturated heterocycles. The summed E-state index contributed by atoms with van der Waals surface area (Å²) in [4.78, 5) is 18.8. The third-order valence-corrected chi connectivity index (χ3v) is 4.35. The fourth-order valence-electron chi connectivity index (χ4n) is 2.25. The van der Waals surface area contributed by atoms with Crippen LogP contribution in [0, 0.1) is 0 Å². The number of nitrogens with two attached hydrogens (primary N) is 1. The van der Waals surface area contributed by atoms with Crippen molar-refractivity contribution in [2.75, 3.05) is 31.2 Å². The molecule has 2 atom stereocenters. The molecule has 1 aliphatic rings. The minimum Gasteiger partial charge on any atom is -0.382 e. The first-order valence-electron chi connectivity index (χ1n) is 6.43. The number of rotatable bonds is 4. The lowest BCUT2D eigenvalue weighted by Crippen LogP contribution is -2.40. The van der Waals surface area contributed by atoms with Gasteiger partial charge in [-0.15, -0.1) is 0 Å². The van der Waals surface area contributed by atoms with Crippen LogP contribution in [0.5, 0.6) is 0 Å². The smallest absolute Gasteiger partial charge is 0.267 e. The summed E-state index contributed by atoms with van der Waals surface area (Å²) in [5.41, 5.74) is 5.82. The number of ether oxygens (including phenoxy) is 1. The monoisotopic (exact) mass is 284 g/mol. The second kappa shape index (κ2) is 5.75. The Kier molecular flexibility index (Phi) is 4.26. The molecule has 0 saturated carbocycles. The van der Waals surface area contributed by atoms with Gasteiger partial charge < -0.3 is 20.7 Å². The van der Waals surface area contributed by atoms with Crippen LogP contribution in [0.15, 0.2) is 0 Å². The standard InChI is InChI=1S/C12H20N4O2S/c1-4-14-12-15-10(13)9(19-12)11(17)16(3)8-5-6-18-7(8)2/h7-8H,4-6,13H2,1-3H3,(H,14,15). The molecule has 1 aliphatic heterocycles. The van der Waals surface area contributed by atoms with E-state index in [4.69, 9.17) is 10.5 Å². The van der Waals surface area contributed by atoms with Crippen molar-refractivity contribution in [3.05, 3.63) is 4.88 Å². The molecule has 106 valence electrons. The van der Waals surface area contributed by atoms with Crippen LogP contribution in [0.4, 0.5) is 10.9 Å². The van der Waals surface area contributed by atoms with Crippen LogP contribution in [0.3, 0.4) is 0 Å². The Morgan fingerprint density at radius 1 is 1.68 bits per heavy atom. The lowest BCUT2D eigenvalue weighted by atomic mass is 10.1. The maximum Gasteiger partial charge on any atom is 0.267 e. The summed E-state index contributed by atoms with van der Waals surface area (Å²) in [6.07, 6.45) is 0.929. The predicted octanol–water partition coefficient (Wildman–Crippen LogP) is 1.41. The molecule has 2 rings (SSSR count). The maximum atomic E-state index is 12.4. The molecule has 1 amide bonds. The number of carbonyl (C=O) groups is 1. The highest BCUT2D eigenvalue weighted by atomic mass is 32.1. The Labute approximate surface area is 116 Å². The molecular formula is C12H20N4O2S. The minimum atomic E-state index is -0.0819. The number of hydrogen-bond acceptors (Lipinski definition) is 6. The quantitative estimate of drug-likeness (QED) is 0.873. The van der Waals surface area contributed by atoms with Gasteiger partial charge in [0.05, 0.1) is 12.1 Å². The first kappa shape index (κ1) is 14.1. The number of nitrogens with zero attached hydrogens (tertiary/aromatic N) is 2. The Hall–Kier alpha value is -1.34. The lowest BCUT2D eigenvalue weighted by Gasteiger charge is -2.26. The summed E-state index contributed by atoms with van der Waals surface area (Å²) < 4.78 is 5.50. The summed E-state index contributed by atoms with van der Waals surface area (Å²) in [5, 5.41) is 3.76. The second-order valence-electron chi connectivity index (χ2n) is 4.61. The van der Waals surface area contributed by atoms with E-state index in [0.29, 0.717) is 22.4 Å². The SMILES string of the molecule is CCNc1nc(N)c(C(=O)N(C)C2CCOC2C)s1. The average molecular weight is 284 g/mol. The van der Waals surface area contributed by atoms with E-state index in [1.54, 1.807) is 11.9 Å². The van der Waals surface area contributed by atoms with Crippen molar-refractivity contribution in [2.24, 2.45) is 0 Å². The molecule has 0 bridgehead atoms. The fourth-order valence-corrected chi connectivity index (χ4v) is 3.19. The Morgan fingerprint density at radius 3 is 3.00 bits per heavy atom. The highest BCUT2D eigenvalue weighted by molar-refractivity contribution is 7.18. The van der Waals surface area contributed by atoms with E-state index in [9.17, 15) is 4.79 Å². The number of anilines is 2. The summed E-state index contributed by atoms with van der Waals surface area (Å²) in [6.45, 7) is 5.42. The first-order valence-corrected chi connectivity index (χ1v) is 7.25. The molecule has 0 aliphatic carbocycles. The molecule has 1 fully saturated rings. The minimum absolute atomic E-state index is 0.0660. The maximum absolute atomic E-state index is 12.4. The van der Waals surface area contributed by atoms with Gasteiger partial charge in [-0.2, -0.15) is 0 Å². The molecule has 0 aromatic carbocycles. The molecule has 19 heavy (non-hydrogen) atoms. The molecular weight excluding hydrogens is 264 g/mol. The van der Waals surface area contributed by atoms with E-state index in [2.05, 4.69) is 10.3 Å². The molecule has 7 heteroatoms. The second-order valence-corrected chi connectivity index (χ2v) is 5.61. The van der Waals surface area contributed by atoms with Crippen LogP contribution < -0.4 is 11.1 Å². The van der Waals surface area contributed by atoms with Crippen LogP contribution in [0.25, 0.3) is 0 Å².